The molecule has 106 valence electrons. The fraction of sp³-hybridized carbons (Fsp3) is 0.353. The monoisotopic (exact) mass is 270 g/mol. The molecule has 0 bridgehead atoms. The lowest BCUT2D eigenvalue weighted by Gasteiger charge is -2.25. The highest BCUT2D eigenvalue weighted by molar-refractivity contribution is 5.87. The molecule has 2 aromatic carbocycles. The maximum absolute atomic E-state index is 12.2. The number of rotatable bonds is 4. The summed E-state index contributed by atoms with van der Waals surface area (Å²) in [7, 11) is 0. The van der Waals surface area contributed by atoms with Crippen molar-refractivity contribution in [3.63, 3.8) is 0 Å². The number of hydrogen-bond acceptors (Lipinski definition) is 2. The Morgan fingerprint density at radius 2 is 1.85 bits per heavy atom. The van der Waals surface area contributed by atoms with E-state index in [4.69, 9.17) is 5.73 Å². The molecule has 3 nitrogen and oxygen atoms in total. The van der Waals surface area contributed by atoms with Crippen LogP contribution in [0.25, 0.3) is 10.8 Å². The molecule has 0 fully saturated rings. The van der Waals surface area contributed by atoms with Gasteiger partial charge in [0, 0.05) is 6.54 Å². The number of fused-ring (bicyclic) bond motifs is 1. The Bertz CT molecular complexity index is 614. The first-order valence-electron chi connectivity index (χ1n) is 6.94. The van der Waals surface area contributed by atoms with Crippen molar-refractivity contribution in [3.8, 4) is 0 Å². The lowest BCUT2D eigenvalue weighted by atomic mass is 9.91. The summed E-state index contributed by atoms with van der Waals surface area (Å²) in [5, 5.41) is 5.42. The first kappa shape index (κ1) is 14.5. The normalized spacial score (nSPS) is 13.2. The van der Waals surface area contributed by atoms with E-state index in [1.54, 1.807) is 0 Å². The highest BCUT2D eigenvalue weighted by Crippen LogP contribution is 2.25. The molecule has 0 aromatic heterocycles. The van der Waals surface area contributed by atoms with E-state index in [-0.39, 0.29) is 11.9 Å². The smallest absolute Gasteiger partial charge is 0.227 e. The number of amides is 1. The molecule has 0 radical (unpaired) electrons. The van der Waals surface area contributed by atoms with Crippen molar-refractivity contribution in [1.29, 1.82) is 0 Å². The van der Waals surface area contributed by atoms with Gasteiger partial charge >= 0.3 is 0 Å². The van der Waals surface area contributed by atoms with Crippen LogP contribution in [0.4, 0.5) is 0 Å². The van der Waals surface area contributed by atoms with Gasteiger partial charge < -0.3 is 11.1 Å². The van der Waals surface area contributed by atoms with Crippen LogP contribution in [0.2, 0.25) is 0 Å². The average Bonchev–Trinajstić information content (AvgIpc) is 2.46. The van der Waals surface area contributed by atoms with E-state index >= 15 is 0 Å². The van der Waals surface area contributed by atoms with Crippen LogP contribution in [-0.2, 0) is 4.79 Å². The third-order valence-corrected chi connectivity index (χ3v) is 3.76. The van der Waals surface area contributed by atoms with Gasteiger partial charge in [-0.05, 0) is 37.1 Å². The Hall–Kier alpha value is -1.87. The van der Waals surface area contributed by atoms with E-state index in [9.17, 15) is 4.79 Å². The van der Waals surface area contributed by atoms with Gasteiger partial charge in [0.25, 0.3) is 0 Å². The zero-order valence-electron chi connectivity index (χ0n) is 12.3. The van der Waals surface area contributed by atoms with Crippen molar-refractivity contribution in [2.75, 3.05) is 6.54 Å². The minimum atomic E-state index is -0.543. The molecule has 0 aliphatic rings. The highest BCUT2D eigenvalue weighted by atomic mass is 16.2. The summed E-state index contributed by atoms with van der Waals surface area (Å²) in [5.74, 6) is -0.0135. The number of nitrogens with two attached hydrogens (primary N) is 1. The summed E-state index contributed by atoms with van der Waals surface area (Å²) < 4.78 is 0. The van der Waals surface area contributed by atoms with Crippen LogP contribution in [-0.4, -0.2) is 12.5 Å². The van der Waals surface area contributed by atoms with Crippen LogP contribution in [0.15, 0.2) is 42.5 Å². The molecule has 20 heavy (non-hydrogen) atoms. The quantitative estimate of drug-likeness (QED) is 0.897. The van der Waals surface area contributed by atoms with E-state index in [2.05, 4.69) is 29.6 Å². The molecule has 2 aromatic rings. The van der Waals surface area contributed by atoms with E-state index in [0.29, 0.717) is 6.54 Å². The third-order valence-electron chi connectivity index (χ3n) is 3.76. The maximum atomic E-state index is 12.2. The van der Waals surface area contributed by atoms with Gasteiger partial charge in [0.05, 0.1) is 11.5 Å². The van der Waals surface area contributed by atoms with E-state index in [1.807, 2.05) is 39.0 Å². The zero-order chi connectivity index (χ0) is 14.8. The van der Waals surface area contributed by atoms with Gasteiger partial charge in [-0.1, -0.05) is 42.5 Å². The molecule has 0 aliphatic carbocycles. The van der Waals surface area contributed by atoms with Crippen molar-refractivity contribution in [2.45, 2.75) is 26.8 Å². The molecule has 0 saturated carbocycles. The minimum absolute atomic E-state index is 0.0135. The van der Waals surface area contributed by atoms with Crippen LogP contribution >= 0.6 is 0 Å². The maximum Gasteiger partial charge on any atom is 0.227 e. The molecule has 0 heterocycles. The summed E-state index contributed by atoms with van der Waals surface area (Å²) in [6.07, 6.45) is 0. The van der Waals surface area contributed by atoms with Crippen molar-refractivity contribution < 1.29 is 4.79 Å². The molecule has 0 aliphatic heterocycles. The van der Waals surface area contributed by atoms with Crippen LogP contribution in [0.3, 0.4) is 0 Å². The summed E-state index contributed by atoms with van der Waals surface area (Å²) in [6.45, 7) is 6.06. The van der Waals surface area contributed by atoms with Gasteiger partial charge in [-0.2, -0.15) is 0 Å². The van der Waals surface area contributed by atoms with E-state index in [1.165, 1.54) is 10.8 Å². The second-order valence-corrected chi connectivity index (χ2v) is 5.85. The van der Waals surface area contributed by atoms with Gasteiger partial charge in [0.15, 0.2) is 0 Å². The van der Waals surface area contributed by atoms with Crippen molar-refractivity contribution in [1.82, 2.24) is 5.32 Å². The second kappa shape index (κ2) is 5.63. The Morgan fingerprint density at radius 3 is 2.55 bits per heavy atom. The topological polar surface area (TPSA) is 55.1 Å². The average molecular weight is 270 g/mol. The van der Waals surface area contributed by atoms with Gasteiger partial charge in [0.1, 0.15) is 0 Å². The molecular weight excluding hydrogens is 248 g/mol. The Balaban J connectivity index is 2.28. The molecule has 1 atom stereocenters. The van der Waals surface area contributed by atoms with Gasteiger partial charge in [0.2, 0.25) is 5.91 Å². The van der Waals surface area contributed by atoms with Gasteiger partial charge in [-0.15, -0.1) is 0 Å². The van der Waals surface area contributed by atoms with Crippen molar-refractivity contribution in [2.24, 2.45) is 11.1 Å². The minimum Gasteiger partial charge on any atom is -0.349 e. The fourth-order valence-electron chi connectivity index (χ4n) is 2.19. The number of carbonyl (C=O) groups excluding carboxylic acids is 1. The Morgan fingerprint density at radius 1 is 1.20 bits per heavy atom. The van der Waals surface area contributed by atoms with Crippen LogP contribution in [0.5, 0.6) is 0 Å². The summed E-state index contributed by atoms with van der Waals surface area (Å²) >= 11 is 0. The molecule has 1 unspecified atom stereocenters. The van der Waals surface area contributed by atoms with E-state index < -0.39 is 5.41 Å². The zero-order valence-corrected chi connectivity index (χ0v) is 12.3. The van der Waals surface area contributed by atoms with Crippen molar-refractivity contribution in [3.05, 3.63) is 48.0 Å². The highest BCUT2D eigenvalue weighted by Gasteiger charge is 2.27. The molecule has 3 N–H and O–H groups in total. The second-order valence-electron chi connectivity index (χ2n) is 5.85. The van der Waals surface area contributed by atoms with Gasteiger partial charge in [-0.3, -0.25) is 4.79 Å². The molecule has 0 spiro atoms. The lowest BCUT2D eigenvalue weighted by molar-refractivity contribution is -0.129. The molecular formula is C17H22N2O. The predicted molar refractivity (Wildman–Crippen MR) is 83.3 cm³/mol. The fourth-order valence-corrected chi connectivity index (χ4v) is 2.19. The number of nitrogens with one attached hydrogen (secondary N) is 1. The Labute approximate surface area is 120 Å². The van der Waals surface area contributed by atoms with E-state index in [0.717, 1.165) is 5.56 Å². The van der Waals surface area contributed by atoms with Crippen LogP contribution in [0, 0.1) is 5.41 Å². The number of benzene rings is 2. The molecule has 0 saturated heterocycles. The molecule has 1 amide bonds. The predicted octanol–water partition coefficient (Wildman–Crippen LogP) is 3.00. The third kappa shape index (κ3) is 2.83. The first-order chi connectivity index (χ1) is 9.45. The first-order valence-corrected chi connectivity index (χ1v) is 6.94. The summed E-state index contributed by atoms with van der Waals surface area (Å²) in [5.41, 5.74) is 6.24. The Kier molecular flexibility index (Phi) is 4.09. The van der Waals surface area contributed by atoms with Gasteiger partial charge in [-0.25, -0.2) is 0 Å². The number of carbonyl (C=O) groups is 1. The van der Waals surface area contributed by atoms with Crippen LogP contribution < -0.4 is 11.1 Å². The molecule has 2 rings (SSSR count). The van der Waals surface area contributed by atoms with Crippen LogP contribution in [0.1, 0.15) is 32.4 Å². The summed E-state index contributed by atoms with van der Waals surface area (Å²) in [6, 6.07) is 14.3. The molecule has 3 heteroatoms. The summed E-state index contributed by atoms with van der Waals surface area (Å²) in [4.78, 5) is 12.2. The standard InChI is InChI=1S/C17H22N2O/c1-12(19-16(20)17(2,3)11-18)14-10-6-8-13-7-4-5-9-15(13)14/h4-10,12H,11,18H2,1-3H3,(H,19,20). The SMILES string of the molecule is CC(NC(=O)C(C)(C)CN)c1cccc2ccccc12. The number of hydrogen-bond donors (Lipinski definition) is 2. The largest absolute Gasteiger partial charge is 0.349 e. The lowest BCUT2D eigenvalue weighted by Crippen LogP contribution is -2.42. The van der Waals surface area contributed by atoms with Crippen molar-refractivity contribution >= 4 is 16.7 Å².